The minimum Gasteiger partial charge on any atom is -0.497 e. The Hall–Kier alpha value is -2.98. The molecule has 10 heteroatoms. The van der Waals surface area contributed by atoms with Gasteiger partial charge in [-0.05, 0) is 89.6 Å². The number of hydrogen-bond donors (Lipinski definition) is 0. The van der Waals surface area contributed by atoms with E-state index < -0.39 is 5.97 Å². The van der Waals surface area contributed by atoms with Gasteiger partial charge in [-0.2, -0.15) is 0 Å². The van der Waals surface area contributed by atoms with Crippen LogP contribution in [0.4, 0.5) is 5.69 Å². The number of carbonyl (C=O) groups excluding carboxylic acids is 2. The number of carbonyl (C=O) groups is 2. The summed E-state index contributed by atoms with van der Waals surface area (Å²) in [6.07, 6.45) is 1.77. The molecule has 8 nitrogen and oxygen atoms in total. The molecule has 0 atom stereocenters. The van der Waals surface area contributed by atoms with Gasteiger partial charge in [-0.15, -0.1) is 0 Å². The number of thioether (sulfide) groups is 1. The first-order valence-electron chi connectivity index (χ1n) is 10.5. The molecule has 1 heterocycles. The molecule has 2 aromatic carbocycles. The van der Waals surface area contributed by atoms with Gasteiger partial charge < -0.3 is 18.9 Å². The van der Waals surface area contributed by atoms with Crippen LogP contribution in [0.25, 0.3) is 6.08 Å². The highest BCUT2D eigenvalue weighted by molar-refractivity contribution is 9.10. The summed E-state index contributed by atoms with van der Waals surface area (Å²) < 4.78 is 21.7. The molecule has 0 aromatic heterocycles. The standard InChI is InChI=1S/C24H25BrN2O6S/c1-5-27-23(29)20(34-24(27)26-16-7-9-17(30-3)10-8-16)13-15-11-18(25)22(19(12-15)31-4)33-14-21(28)32-6-2/h7-13H,5-6,14H2,1-4H3/b20-13+,26-24?. The molecule has 34 heavy (non-hydrogen) atoms. The van der Waals surface area contributed by atoms with Crippen LogP contribution in [-0.4, -0.2) is 55.9 Å². The van der Waals surface area contributed by atoms with Crippen molar-refractivity contribution in [3.63, 3.8) is 0 Å². The maximum atomic E-state index is 13.0. The van der Waals surface area contributed by atoms with E-state index in [1.165, 1.54) is 18.9 Å². The van der Waals surface area contributed by atoms with Crippen molar-refractivity contribution in [2.45, 2.75) is 13.8 Å². The lowest BCUT2D eigenvalue weighted by molar-refractivity contribution is -0.145. The molecule has 180 valence electrons. The van der Waals surface area contributed by atoms with Gasteiger partial charge in [0.05, 0.1) is 35.9 Å². The van der Waals surface area contributed by atoms with Crippen molar-refractivity contribution in [2.75, 3.05) is 34.0 Å². The maximum absolute atomic E-state index is 13.0. The molecule has 0 N–H and O–H groups in total. The molecule has 1 aliphatic rings. The third kappa shape index (κ3) is 6.12. The van der Waals surface area contributed by atoms with Crippen LogP contribution in [0.1, 0.15) is 19.4 Å². The average molecular weight is 549 g/mol. The summed E-state index contributed by atoms with van der Waals surface area (Å²) in [5.41, 5.74) is 1.45. The third-order valence-electron chi connectivity index (χ3n) is 4.69. The fraction of sp³-hybridized carbons (Fsp3) is 0.292. The van der Waals surface area contributed by atoms with Gasteiger partial charge in [0.25, 0.3) is 5.91 Å². The molecule has 0 unspecified atom stereocenters. The van der Waals surface area contributed by atoms with E-state index in [1.54, 1.807) is 37.1 Å². The summed E-state index contributed by atoms with van der Waals surface area (Å²) in [4.78, 5) is 31.4. The molecule has 2 aromatic rings. The highest BCUT2D eigenvalue weighted by Crippen LogP contribution is 2.39. The van der Waals surface area contributed by atoms with E-state index in [9.17, 15) is 9.59 Å². The molecular weight excluding hydrogens is 524 g/mol. The summed E-state index contributed by atoms with van der Waals surface area (Å²) in [5.74, 6) is 0.929. The Morgan fingerprint density at radius 3 is 2.50 bits per heavy atom. The van der Waals surface area contributed by atoms with Gasteiger partial charge in [-0.1, -0.05) is 0 Å². The second-order valence-electron chi connectivity index (χ2n) is 6.88. The predicted octanol–water partition coefficient (Wildman–Crippen LogP) is 5.03. The topological polar surface area (TPSA) is 86.7 Å². The van der Waals surface area contributed by atoms with Crippen molar-refractivity contribution in [3.8, 4) is 17.2 Å². The van der Waals surface area contributed by atoms with Gasteiger partial charge in [0.2, 0.25) is 0 Å². The fourth-order valence-corrected chi connectivity index (χ4v) is 4.72. The van der Waals surface area contributed by atoms with Crippen LogP contribution < -0.4 is 14.2 Å². The zero-order valence-electron chi connectivity index (χ0n) is 19.3. The summed E-state index contributed by atoms with van der Waals surface area (Å²) >= 11 is 4.77. The van der Waals surface area contributed by atoms with Crippen LogP contribution in [0.5, 0.6) is 17.2 Å². The van der Waals surface area contributed by atoms with Crippen LogP contribution in [-0.2, 0) is 14.3 Å². The highest BCUT2D eigenvalue weighted by atomic mass is 79.9. The summed E-state index contributed by atoms with van der Waals surface area (Å²) in [5, 5.41) is 0.601. The second-order valence-corrected chi connectivity index (χ2v) is 8.74. The van der Waals surface area contributed by atoms with Crippen molar-refractivity contribution in [2.24, 2.45) is 4.99 Å². The number of halogens is 1. The summed E-state index contributed by atoms with van der Waals surface area (Å²) in [7, 11) is 3.11. The zero-order chi connectivity index (χ0) is 24.7. The van der Waals surface area contributed by atoms with E-state index in [2.05, 4.69) is 20.9 Å². The zero-order valence-corrected chi connectivity index (χ0v) is 21.7. The molecule has 1 aliphatic heterocycles. The number of methoxy groups -OCH3 is 2. The Labute approximate surface area is 211 Å². The van der Waals surface area contributed by atoms with Crippen molar-refractivity contribution >= 4 is 56.5 Å². The number of rotatable bonds is 9. The molecule has 0 spiro atoms. The Morgan fingerprint density at radius 1 is 1.15 bits per heavy atom. The molecule has 0 bridgehead atoms. The number of amides is 1. The molecule has 0 saturated carbocycles. The number of ether oxygens (including phenoxy) is 4. The number of likely N-dealkylation sites (N-methyl/N-ethyl adjacent to an activating group) is 1. The highest BCUT2D eigenvalue weighted by Gasteiger charge is 2.32. The first kappa shape index (κ1) is 25.6. The average Bonchev–Trinajstić information content (AvgIpc) is 3.12. The Balaban J connectivity index is 1.86. The van der Waals surface area contributed by atoms with Gasteiger partial charge in [0, 0.05) is 6.54 Å². The van der Waals surface area contributed by atoms with Crippen molar-refractivity contribution in [1.82, 2.24) is 4.90 Å². The lowest BCUT2D eigenvalue weighted by Gasteiger charge is -2.13. The van der Waals surface area contributed by atoms with E-state index in [0.717, 1.165) is 17.0 Å². The van der Waals surface area contributed by atoms with E-state index in [4.69, 9.17) is 18.9 Å². The number of benzene rings is 2. The van der Waals surface area contributed by atoms with Gasteiger partial charge in [0.1, 0.15) is 5.75 Å². The van der Waals surface area contributed by atoms with Gasteiger partial charge in [-0.25, -0.2) is 9.79 Å². The molecule has 0 aliphatic carbocycles. The number of hydrogen-bond acceptors (Lipinski definition) is 8. The van der Waals surface area contributed by atoms with Crippen molar-refractivity contribution in [1.29, 1.82) is 0 Å². The second kappa shape index (κ2) is 11.9. The quantitative estimate of drug-likeness (QED) is 0.320. The Kier molecular flexibility index (Phi) is 9.00. The van der Waals surface area contributed by atoms with E-state index in [-0.39, 0.29) is 19.1 Å². The first-order chi connectivity index (χ1) is 16.4. The van der Waals surface area contributed by atoms with Crippen molar-refractivity contribution in [3.05, 3.63) is 51.3 Å². The van der Waals surface area contributed by atoms with Gasteiger partial charge in [-0.3, -0.25) is 9.69 Å². The maximum Gasteiger partial charge on any atom is 0.344 e. The first-order valence-corrected chi connectivity index (χ1v) is 12.1. The smallest absolute Gasteiger partial charge is 0.344 e. The largest absolute Gasteiger partial charge is 0.497 e. The van der Waals surface area contributed by atoms with Crippen LogP contribution in [0, 0.1) is 0 Å². The number of esters is 1. The normalized spacial score (nSPS) is 15.7. The minimum absolute atomic E-state index is 0.127. The van der Waals surface area contributed by atoms with Crippen molar-refractivity contribution < 1.29 is 28.5 Å². The lowest BCUT2D eigenvalue weighted by Crippen LogP contribution is -2.28. The molecule has 1 fully saturated rings. The number of aliphatic imine (C=N–C) groups is 1. The summed E-state index contributed by atoms with van der Waals surface area (Å²) in [6.45, 7) is 4.16. The van der Waals surface area contributed by atoms with Crippen LogP contribution in [0.15, 0.2) is 50.8 Å². The number of nitrogens with zero attached hydrogens (tertiary/aromatic N) is 2. The molecule has 3 rings (SSSR count). The van der Waals surface area contributed by atoms with Gasteiger partial charge in [0.15, 0.2) is 23.3 Å². The van der Waals surface area contributed by atoms with E-state index >= 15 is 0 Å². The monoisotopic (exact) mass is 548 g/mol. The van der Waals surface area contributed by atoms with Gasteiger partial charge >= 0.3 is 5.97 Å². The minimum atomic E-state index is -0.473. The van der Waals surface area contributed by atoms with E-state index in [0.29, 0.717) is 32.6 Å². The van der Waals surface area contributed by atoms with Crippen LogP contribution >= 0.6 is 27.7 Å². The molecule has 1 amide bonds. The SMILES string of the molecule is CCOC(=O)COc1c(Br)cc(/C=C2/SC(=Nc3ccc(OC)cc3)N(CC)C2=O)cc1OC. The third-order valence-corrected chi connectivity index (χ3v) is 6.29. The van der Waals surface area contributed by atoms with Crippen LogP contribution in [0.3, 0.4) is 0 Å². The number of amidine groups is 1. The molecule has 1 saturated heterocycles. The molecule has 0 radical (unpaired) electrons. The summed E-state index contributed by atoms with van der Waals surface area (Å²) in [6, 6.07) is 10.8. The van der Waals surface area contributed by atoms with E-state index in [1.807, 2.05) is 31.2 Å². The van der Waals surface area contributed by atoms with Crippen LogP contribution in [0.2, 0.25) is 0 Å². The molecular formula is C24H25BrN2O6S. The predicted molar refractivity (Wildman–Crippen MR) is 136 cm³/mol. The Bertz CT molecular complexity index is 1120. The Morgan fingerprint density at radius 2 is 1.88 bits per heavy atom. The lowest BCUT2D eigenvalue weighted by atomic mass is 10.2. The fourth-order valence-electron chi connectivity index (χ4n) is 3.09.